The Balaban J connectivity index is 1.96. The van der Waals surface area contributed by atoms with Crippen LogP contribution in [0, 0.1) is 6.92 Å². The molecular weight excluding hydrogens is 316 g/mol. The molecule has 1 fully saturated rings. The second-order valence-corrected chi connectivity index (χ2v) is 7.43. The van der Waals surface area contributed by atoms with Crippen molar-refractivity contribution >= 4 is 33.8 Å². The second kappa shape index (κ2) is 6.31. The molecule has 22 heavy (non-hydrogen) atoms. The molecule has 3 nitrogen and oxygen atoms in total. The van der Waals surface area contributed by atoms with Crippen LogP contribution in [0.2, 0.25) is 5.02 Å². The summed E-state index contributed by atoms with van der Waals surface area (Å²) in [5.74, 6) is -0.0568. The second-order valence-electron chi connectivity index (χ2n) is 5.73. The summed E-state index contributed by atoms with van der Waals surface area (Å²) in [7, 11) is 0. The molecule has 0 aliphatic heterocycles. The van der Waals surface area contributed by atoms with Gasteiger partial charge in [-0.05, 0) is 37.5 Å². The van der Waals surface area contributed by atoms with Gasteiger partial charge in [0.2, 0.25) is 0 Å². The van der Waals surface area contributed by atoms with Gasteiger partial charge < -0.3 is 11.1 Å². The van der Waals surface area contributed by atoms with E-state index in [1.54, 1.807) is 0 Å². The van der Waals surface area contributed by atoms with Gasteiger partial charge in [-0.25, -0.2) is 0 Å². The zero-order valence-corrected chi connectivity index (χ0v) is 14.1. The smallest absolute Gasteiger partial charge is 0.255 e. The third kappa shape index (κ3) is 2.99. The topological polar surface area (TPSA) is 55.1 Å². The largest absolute Gasteiger partial charge is 0.390 e. The number of hydrogen-bond donors (Lipinski definition) is 2. The van der Waals surface area contributed by atoms with E-state index in [-0.39, 0.29) is 11.9 Å². The quantitative estimate of drug-likeness (QED) is 0.859. The molecule has 1 amide bonds. The van der Waals surface area contributed by atoms with Crippen molar-refractivity contribution in [3.05, 3.63) is 39.7 Å². The summed E-state index contributed by atoms with van der Waals surface area (Å²) in [6.45, 7) is 2.00. The van der Waals surface area contributed by atoms with E-state index in [1.165, 1.54) is 24.2 Å². The first kappa shape index (κ1) is 15.4. The summed E-state index contributed by atoms with van der Waals surface area (Å²) in [6, 6.07) is 7.82. The number of carbonyl (C=O) groups is 1. The minimum absolute atomic E-state index is 0.0568. The van der Waals surface area contributed by atoms with Gasteiger partial charge in [0.1, 0.15) is 0 Å². The number of rotatable bonds is 3. The fraction of sp³-hybridized carbons (Fsp3) is 0.353. The minimum atomic E-state index is -0.0568. The maximum atomic E-state index is 12.7. The van der Waals surface area contributed by atoms with Crippen LogP contribution in [0.1, 0.15) is 40.9 Å². The van der Waals surface area contributed by atoms with Gasteiger partial charge in [-0.1, -0.05) is 36.6 Å². The van der Waals surface area contributed by atoms with Gasteiger partial charge >= 0.3 is 0 Å². The highest BCUT2D eigenvalue weighted by Gasteiger charge is 2.24. The van der Waals surface area contributed by atoms with Crippen LogP contribution in [-0.4, -0.2) is 11.9 Å². The van der Waals surface area contributed by atoms with Crippen molar-refractivity contribution in [3.63, 3.8) is 0 Å². The maximum absolute atomic E-state index is 12.7. The molecule has 0 unspecified atom stereocenters. The van der Waals surface area contributed by atoms with Crippen LogP contribution in [0.4, 0.5) is 5.00 Å². The summed E-state index contributed by atoms with van der Waals surface area (Å²) in [6.07, 6.45) is 4.50. The van der Waals surface area contributed by atoms with Gasteiger partial charge in [0.05, 0.1) is 10.6 Å². The third-order valence-electron chi connectivity index (χ3n) is 4.16. The summed E-state index contributed by atoms with van der Waals surface area (Å²) in [4.78, 5) is 13.7. The molecule has 1 aromatic carbocycles. The SMILES string of the molecule is Cc1sc(N)c(C(=O)NC2CCCC2)c1-c1ccc(Cl)cc1. The number of nitrogens with one attached hydrogen (secondary N) is 1. The molecular formula is C17H19ClN2OS. The molecule has 1 aliphatic rings. The van der Waals surface area contributed by atoms with Crippen LogP contribution in [0.5, 0.6) is 0 Å². The molecule has 5 heteroatoms. The van der Waals surface area contributed by atoms with E-state index in [4.69, 9.17) is 17.3 Å². The number of aryl methyl sites for hydroxylation is 1. The number of thiophene rings is 1. The number of hydrogen-bond acceptors (Lipinski definition) is 3. The Kier molecular flexibility index (Phi) is 4.41. The Morgan fingerprint density at radius 2 is 1.91 bits per heavy atom. The number of amides is 1. The van der Waals surface area contributed by atoms with E-state index in [9.17, 15) is 4.79 Å². The minimum Gasteiger partial charge on any atom is -0.390 e. The van der Waals surface area contributed by atoms with Crippen molar-refractivity contribution < 1.29 is 4.79 Å². The molecule has 2 aromatic rings. The molecule has 3 rings (SSSR count). The fourth-order valence-electron chi connectivity index (χ4n) is 3.08. The van der Waals surface area contributed by atoms with E-state index in [0.717, 1.165) is 28.8 Å². The number of nitrogen functional groups attached to an aromatic ring is 1. The average Bonchev–Trinajstić information content (AvgIpc) is 3.07. The lowest BCUT2D eigenvalue weighted by atomic mass is 10.0. The van der Waals surface area contributed by atoms with Crippen LogP contribution in [-0.2, 0) is 0 Å². The third-order valence-corrected chi connectivity index (χ3v) is 5.35. The Morgan fingerprint density at radius 3 is 2.55 bits per heavy atom. The fourth-order valence-corrected chi connectivity index (χ4v) is 4.16. The van der Waals surface area contributed by atoms with E-state index in [1.807, 2.05) is 31.2 Å². The number of benzene rings is 1. The van der Waals surface area contributed by atoms with E-state index >= 15 is 0 Å². The summed E-state index contributed by atoms with van der Waals surface area (Å²) in [5, 5.41) is 4.40. The molecule has 0 spiro atoms. The van der Waals surface area contributed by atoms with Crippen molar-refractivity contribution in [2.45, 2.75) is 38.6 Å². The standard InChI is InChI=1S/C17H19ClN2OS/c1-10-14(11-6-8-12(18)9-7-11)15(16(19)22-10)17(21)20-13-4-2-3-5-13/h6-9,13H,2-5,19H2,1H3,(H,20,21). The Morgan fingerprint density at radius 1 is 1.27 bits per heavy atom. The first-order valence-corrected chi connectivity index (χ1v) is 8.71. The molecule has 1 saturated carbocycles. The van der Waals surface area contributed by atoms with Crippen LogP contribution in [0.3, 0.4) is 0 Å². The van der Waals surface area contributed by atoms with E-state index in [2.05, 4.69) is 5.32 Å². The molecule has 1 heterocycles. The van der Waals surface area contributed by atoms with E-state index < -0.39 is 0 Å². The Labute approximate surface area is 139 Å². The van der Waals surface area contributed by atoms with Gasteiger partial charge in [-0.2, -0.15) is 0 Å². The summed E-state index contributed by atoms with van der Waals surface area (Å²) >= 11 is 7.42. The predicted molar refractivity (Wildman–Crippen MR) is 93.6 cm³/mol. The molecule has 1 aromatic heterocycles. The molecule has 0 atom stereocenters. The highest BCUT2D eigenvalue weighted by Crippen LogP contribution is 2.38. The Hall–Kier alpha value is -1.52. The first-order chi connectivity index (χ1) is 10.6. The number of anilines is 1. The Bertz CT molecular complexity index is 687. The van der Waals surface area contributed by atoms with Gasteiger partial charge in [0.25, 0.3) is 5.91 Å². The van der Waals surface area contributed by atoms with Crippen molar-refractivity contribution in [2.75, 3.05) is 5.73 Å². The van der Waals surface area contributed by atoms with Crippen molar-refractivity contribution in [3.8, 4) is 11.1 Å². The normalized spacial score (nSPS) is 15.2. The predicted octanol–water partition coefficient (Wildman–Crippen LogP) is 4.63. The maximum Gasteiger partial charge on any atom is 0.255 e. The summed E-state index contributed by atoms with van der Waals surface area (Å²) in [5.41, 5.74) is 8.63. The van der Waals surface area contributed by atoms with E-state index in [0.29, 0.717) is 15.6 Å². The molecule has 3 N–H and O–H groups in total. The van der Waals surface area contributed by atoms with Gasteiger partial charge in [-0.15, -0.1) is 11.3 Å². The van der Waals surface area contributed by atoms with Crippen molar-refractivity contribution in [1.29, 1.82) is 0 Å². The number of carbonyl (C=O) groups excluding carboxylic acids is 1. The zero-order valence-electron chi connectivity index (χ0n) is 12.5. The molecule has 0 saturated heterocycles. The highest BCUT2D eigenvalue weighted by atomic mass is 35.5. The zero-order chi connectivity index (χ0) is 15.7. The van der Waals surface area contributed by atoms with Crippen molar-refractivity contribution in [2.24, 2.45) is 0 Å². The van der Waals surface area contributed by atoms with Crippen LogP contribution in [0.15, 0.2) is 24.3 Å². The average molecular weight is 335 g/mol. The lowest BCUT2D eigenvalue weighted by molar-refractivity contribution is 0.0940. The van der Waals surface area contributed by atoms with Gasteiger partial charge in [-0.3, -0.25) is 4.79 Å². The van der Waals surface area contributed by atoms with Gasteiger partial charge in [0.15, 0.2) is 0 Å². The lowest BCUT2D eigenvalue weighted by Crippen LogP contribution is -2.33. The monoisotopic (exact) mass is 334 g/mol. The molecule has 1 aliphatic carbocycles. The lowest BCUT2D eigenvalue weighted by Gasteiger charge is -2.13. The highest BCUT2D eigenvalue weighted by molar-refractivity contribution is 7.16. The summed E-state index contributed by atoms with van der Waals surface area (Å²) < 4.78 is 0. The van der Waals surface area contributed by atoms with Crippen LogP contribution < -0.4 is 11.1 Å². The molecule has 116 valence electrons. The van der Waals surface area contributed by atoms with Crippen molar-refractivity contribution in [1.82, 2.24) is 5.32 Å². The van der Waals surface area contributed by atoms with Gasteiger partial charge in [0, 0.05) is 21.5 Å². The number of halogens is 1. The first-order valence-electron chi connectivity index (χ1n) is 7.52. The molecule has 0 radical (unpaired) electrons. The number of nitrogens with two attached hydrogens (primary N) is 1. The van der Waals surface area contributed by atoms with Crippen LogP contribution in [0.25, 0.3) is 11.1 Å². The van der Waals surface area contributed by atoms with Crippen LogP contribution >= 0.6 is 22.9 Å². The molecule has 0 bridgehead atoms.